The largest absolute Gasteiger partial charge is 0.378 e. The van der Waals surface area contributed by atoms with Crippen molar-refractivity contribution in [1.82, 2.24) is 19.9 Å². The maximum absolute atomic E-state index is 15.2. The van der Waals surface area contributed by atoms with Gasteiger partial charge in [0.15, 0.2) is 0 Å². The normalized spacial score (nSPS) is 14.0. The average molecular weight is 572 g/mol. The molecule has 0 radical (unpaired) electrons. The molecule has 5 aromatic rings. The summed E-state index contributed by atoms with van der Waals surface area (Å²) in [5.41, 5.74) is 3.95. The predicted octanol–water partition coefficient (Wildman–Crippen LogP) is 6.13. The summed E-state index contributed by atoms with van der Waals surface area (Å²) in [7, 11) is 0. The number of aromatic nitrogens is 4. The number of carbonyl (C=O) groups is 1. The van der Waals surface area contributed by atoms with Gasteiger partial charge in [-0.15, -0.1) is 0 Å². The Morgan fingerprint density at radius 2 is 1.76 bits per heavy atom. The van der Waals surface area contributed by atoms with Crippen LogP contribution < -0.4 is 4.90 Å². The van der Waals surface area contributed by atoms with E-state index in [-0.39, 0.29) is 29.9 Å². The fraction of sp³-hybridized carbons (Fsp3) is 0.250. The van der Waals surface area contributed by atoms with Crippen molar-refractivity contribution in [3.8, 4) is 22.4 Å². The van der Waals surface area contributed by atoms with Crippen LogP contribution in [0, 0.1) is 5.82 Å². The lowest BCUT2D eigenvalue weighted by Crippen LogP contribution is -2.36. The van der Waals surface area contributed by atoms with E-state index >= 15 is 4.39 Å². The second-order valence-electron chi connectivity index (χ2n) is 10.5. The number of pyridine rings is 3. The summed E-state index contributed by atoms with van der Waals surface area (Å²) >= 11 is 0. The van der Waals surface area contributed by atoms with Gasteiger partial charge in [0, 0.05) is 90.5 Å². The summed E-state index contributed by atoms with van der Waals surface area (Å²) in [6.45, 7) is 3.81. The quantitative estimate of drug-likeness (QED) is 0.241. The van der Waals surface area contributed by atoms with E-state index in [0.29, 0.717) is 35.6 Å². The number of alkyl halides is 2. The van der Waals surface area contributed by atoms with Gasteiger partial charge in [0.25, 0.3) is 5.92 Å². The van der Waals surface area contributed by atoms with E-state index < -0.39 is 11.7 Å². The first-order chi connectivity index (χ1) is 20.2. The number of Topliss-reactive ketones (excluding diaryl/α,β-unsaturated/α-hetero) is 1. The predicted molar refractivity (Wildman–Crippen MR) is 154 cm³/mol. The van der Waals surface area contributed by atoms with Crippen LogP contribution in [0.15, 0.2) is 73.2 Å². The maximum atomic E-state index is 15.2. The molecule has 7 nitrogen and oxygen atoms in total. The number of morpholine rings is 1. The Bertz CT molecular complexity index is 1740. The summed E-state index contributed by atoms with van der Waals surface area (Å²) < 4.78 is 47.8. The molecule has 0 amide bonds. The number of nitrogens with one attached hydrogen (secondary N) is 1. The Labute approximate surface area is 240 Å². The maximum Gasteiger partial charge on any atom is 0.270 e. The Hall–Kier alpha value is -4.57. The van der Waals surface area contributed by atoms with Crippen LogP contribution in [0.25, 0.3) is 33.4 Å². The monoisotopic (exact) mass is 571 g/mol. The minimum Gasteiger partial charge on any atom is -0.378 e. The molecule has 42 heavy (non-hydrogen) atoms. The highest BCUT2D eigenvalue weighted by Crippen LogP contribution is 2.30. The van der Waals surface area contributed by atoms with Crippen molar-refractivity contribution in [2.24, 2.45) is 0 Å². The lowest BCUT2D eigenvalue weighted by atomic mass is 10.00. The van der Waals surface area contributed by atoms with Crippen molar-refractivity contribution in [3.63, 3.8) is 0 Å². The number of carbonyl (C=O) groups excluding carboxylic acids is 1. The van der Waals surface area contributed by atoms with Crippen molar-refractivity contribution < 1.29 is 22.7 Å². The Morgan fingerprint density at radius 1 is 0.952 bits per heavy atom. The molecule has 5 heterocycles. The van der Waals surface area contributed by atoms with E-state index in [1.807, 2.05) is 30.5 Å². The molecule has 0 spiro atoms. The standard InChI is InChI=1S/C32H28F3N5O2/c1-32(34,35)24-6-7-36-25(16-24)17-26(41)12-20-2-4-27(28(33)13-20)23-14-22-15-29(39-31(22)38-19-23)21-3-5-30(37-18-21)40-8-10-42-11-9-40/h2-7,13-16,18-19H,8-12,17H2,1H3,(H,38,39). The number of ether oxygens (including phenoxy) is 1. The second kappa shape index (κ2) is 11.4. The Balaban J connectivity index is 1.15. The number of anilines is 1. The van der Waals surface area contributed by atoms with Crippen molar-refractivity contribution in [2.75, 3.05) is 31.2 Å². The third kappa shape index (κ3) is 6.03. The highest BCUT2D eigenvalue weighted by atomic mass is 19.3. The van der Waals surface area contributed by atoms with Gasteiger partial charge in [0.2, 0.25) is 0 Å². The van der Waals surface area contributed by atoms with Crippen LogP contribution in [0.4, 0.5) is 19.0 Å². The first-order valence-corrected chi connectivity index (χ1v) is 13.6. The Kier molecular flexibility index (Phi) is 7.47. The molecule has 0 atom stereocenters. The smallest absolute Gasteiger partial charge is 0.270 e. The number of hydrogen-bond donors (Lipinski definition) is 1. The van der Waals surface area contributed by atoms with Gasteiger partial charge < -0.3 is 14.6 Å². The number of rotatable bonds is 8. The molecule has 6 rings (SSSR count). The highest BCUT2D eigenvalue weighted by Gasteiger charge is 2.25. The topological polar surface area (TPSA) is 84.0 Å². The summed E-state index contributed by atoms with van der Waals surface area (Å²) in [5, 5.41) is 0.825. The number of benzene rings is 1. The summed E-state index contributed by atoms with van der Waals surface area (Å²) in [6.07, 6.45) is 4.54. The second-order valence-corrected chi connectivity index (χ2v) is 10.5. The molecule has 214 valence electrons. The van der Waals surface area contributed by atoms with Gasteiger partial charge in [0.05, 0.1) is 13.2 Å². The van der Waals surface area contributed by atoms with Crippen molar-refractivity contribution in [3.05, 3.63) is 95.8 Å². The van der Waals surface area contributed by atoms with E-state index in [0.717, 1.165) is 42.5 Å². The van der Waals surface area contributed by atoms with Crippen molar-refractivity contribution in [2.45, 2.75) is 25.7 Å². The van der Waals surface area contributed by atoms with Crippen LogP contribution in [0.5, 0.6) is 0 Å². The average Bonchev–Trinajstić information content (AvgIpc) is 3.41. The van der Waals surface area contributed by atoms with E-state index in [4.69, 9.17) is 4.74 Å². The summed E-state index contributed by atoms with van der Waals surface area (Å²) in [4.78, 5) is 31.2. The molecular formula is C32H28F3N5O2. The molecule has 1 aromatic carbocycles. The molecule has 0 unspecified atom stereocenters. The van der Waals surface area contributed by atoms with Crippen LogP contribution in [0.2, 0.25) is 0 Å². The number of ketones is 1. The SMILES string of the molecule is CC(F)(F)c1ccnc(CC(=O)Cc2ccc(-c3cnc4[nH]c(-c5ccc(N6CCOCC6)nc5)cc4c3)c(F)c2)c1. The molecule has 0 bridgehead atoms. The van der Waals surface area contributed by atoms with Crippen LogP contribution in [-0.2, 0) is 28.3 Å². The molecule has 1 aliphatic rings. The minimum atomic E-state index is -3.02. The number of fused-ring (bicyclic) bond motifs is 1. The zero-order valence-electron chi connectivity index (χ0n) is 22.9. The van der Waals surface area contributed by atoms with Crippen LogP contribution >= 0.6 is 0 Å². The number of H-pyrrole nitrogens is 1. The van der Waals surface area contributed by atoms with Gasteiger partial charge in [-0.2, -0.15) is 0 Å². The number of aromatic amines is 1. The van der Waals surface area contributed by atoms with Gasteiger partial charge >= 0.3 is 0 Å². The molecule has 1 fully saturated rings. The summed E-state index contributed by atoms with van der Waals surface area (Å²) in [6, 6.07) is 14.9. The van der Waals surface area contributed by atoms with Crippen molar-refractivity contribution in [1.29, 1.82) is 0 Å². The molecule has 1 aliphatic heterocycles. The van der Waals surface area contributed by atoms with Gasteiger partial charge in [-0.25, -0.2) is 23.1 Å². The number of halogens is 3. The lowest BCUT2D eigenvalue weighted by Gasteiger charge is -2.27. The third-order valence-corrected chi connectivity index (χ3v) is 7.31. The zero-order chi connectivity index (χ0) is 29.3. The molecular weight excluding hydrogens is 543 g/mol. The third-order valence-electron chi connectivity index (χ3n) is 7.31. The fourth-order valence-corrected chi connectivity index (χ4v) is 5.09. The van der Waals surface area contributed by atoms with Crippen LogP contribution in [0.3, 0.4) is 0 Å². The highest BCUT2D eigenvalue weighted by molar-refractivity contribution is 5.87. The molecule has 1 N–H and O–H groups in total. The van der Waals surface area contributed by atoms with Gasteiger partial charge in [0.1, 0.15) is 23.1 Å². The van der Waals surface area contributed by atoms with Crippen LogP contribution in [0.1, 0.15) is 23.7 Å². The van der Waals surface area contributed by atoms with E-state index in [9.17, 15) is 13.6 Å². The molecule has 0 saturated carbocycles. The molecule has 10 heteroatoms. The van der Waals surface area contributed by atoms with Crippen molar-refractivity contribution >= 4 is 22.6 Å². The minimum absolute atomic E-state index is 0.0392. The molecule has 4 aromatic heterocycles. The van der Waals surface area contributed by atoms with Gasteiger partial charge in [-0.05, 0) is 48.0 Å². The molecule has 1 saturated heterocycles. The first-order valence-electron chi connectivity index (χ1n) is 13.6. The zero-order valence-corrected chi connectivity index (χ0v) is 22.9. The fourth-order valence-electron chi connectivity index (χ4n) is 5.09. The number of nitrogens with zero attached hydrogens (tertiary/aromatic N) is 4. The van der Waals surface area contributed by atoms with Crippen LogP contribution in [-0.4, -0.2) is 52.0 Å². The summed E-state index contributed by atoms with van der Waals surface area (Å²) in [5.74, 6) is -2.84. The first kappa shape index (κ1) is 27.6. The lowest BCUT2D eigenvalue weighted by molar-refractivity contribution is -0.117. The molecule has 0 aliphatic carbocycles. The Morgan fingerprint density at radius 3 is 2.50 bits per heavy atom. The number of hydrogen-bond acceptors (Lipinski definition) is 6. The van der Waals surface area contributed by atoms with E-state index in [1.165, 1.54) is 24.4 Å². The van der Waals surface area contributed by atoms with Gasteiger partial charge in [-0.3, -0.25) is 9.78 Å². The van der Waals surface area contributed by atoms with E-state index in [1.54, 1.807) is 18.3 Å². The van der Waals surface area contributed by atoms with E-state index in [2.05, 4.69) is 24.8 Å². The van der Waals surface area contributed by atoms with Gasteiger partial charge in [-0.1, -0.05) is 12.1 Å².